The van der Waals surface area contributed by atoms with Gasteiger partial charge in [0.1, 0.15) is 0 Å². The van der Waals surface area contributed by atoms with E-state index in [1.807, 2.05) is 42.3 Å². The number of carbonyl (C=O) groups is 1. The van der Waals surface area contributed by atoms with Crippen molar-refractivity contribution in [3.8, 4) is 11.3 Å². The topological polar surface area (TPSA) is 33.2 Å². The van der Waals surface area contributed by atoms with E-state index < -0.39 is 0 Å². The van der Waals surface area contributed by atoms with E-state index >= 15 is 0 Å². The number of benzene rings is 2. The standard InChI is InChI=1S/C23H24N2O/c1-15-8-11-18(16(2)12-15)22-13-20(19-6-4-5-7-21(19)24-22)23(26)25(3)14-17-9-10-17/h4-8,11-13,17H,9-10,14H2,1-3H3. The van der Waals surface area contributed by atoms with Crippen LogP contribution in [0.3, 0.4) is 0 Å². The normalized spacial score (nSPS) is 13.8. The van der Waals surface area contributed by atoms with E-state index in [4.69, 9.17) is 4.98 Å². The van der Waals surface area contributed by atoms with Gasteiger partial charge >= 0.3 is 0 Å². The van der Waals surface area contributed by atoms with Gasteiger partial charge in [-0.05, 0) is 50.3 Å². The third kappa shape index (κ3) is 3.22. The van der Waals surface area contributed by atoms with Gasteiger partial charge in [-0.1, -0.05) is 42.0 Å². The Kier molecular flexibility index (Phi) is 4.23. The van der Waals surface area contributed by atoms with Gasteiger partial charge in [0.05, 0.1) is 16.8 Å². The first kappa shape index (κ1) is 16.8. The SMILES string of the molecule is Cc1ccc(-c2cc(C(=O)N(C)CC3CC3)c3ccccc3n2)c(C)c1. The van der Waals surface area contributed by atoms with Crippen LogP contribution < -0.4 is 0 Å². The molecule has 0 unspecified atom stereocenters. The van der Waals surface area contributed by atoms with Crippen LogP contribution in [0.2, 0.25) is 0 Å². The van der Waals surface area contributed by atoms with E-state index in [9.17, 15) is 4.79 Å². The van der Waals surface area contributed by atoms with Crippen LogP contribution in [0.15, 0.2) is 48.5 Å². The van der Waals surface area contributed by atoms with Gasteiger partial charge in [-0.2, -0.15) is 0 Å². The molecule has 3 nitrogen and oxygen atoms in total. The molecule has 132 valence electrons. The quantitative estimate of drug-likeness (QED) is 0.667. The number of para-hydroxylation sites is 1. The number of aryl methyl sites for hydroxylation is 2. The fourth-order valence-electron chi connectivity index (χ4n) is 3.57. The molecule has 3 heteroatoms. The van der Waals surface area contributed by atoms with Gasteiger partial charge in [0.25, 0.3) is 5.91 Å². The Bertz CT molecular complexity index is 989. The second-order valence-electron chi connectivity index (χ2n) is 7.52. The Morgan fingerprint density at radius 2 is 1.88 bits per heavy atom. The Morgan fingerprint density at radius 3 is 2.62 bits per heavy atom. The average molecular weight is 344 g/mol. The van der Waals surface area contributed by atoms with Gasteiger partial charge in [-0.25, -0.2) is 4.98 Å². The summed E-state index contributed by atoms with van der Waals surface area (Å²) in [5, 5.41) is 0.925. The predicted octanol–water partition coefficient (Wildman–Crippen LogP) is 5.00. The molecule has 26 heavy (non-hydrogen) atoms. The lowest BCUT2D eigenvalue weighted by atomic mass is 9.99. The van der Waals surface area contributed by atoms with Gasteiger partial charge in [0.15, 0.2) is 0 Å². The number of fused-ring (bicyclic) bond motifs is 1. The minimum Gasteiger partial charge on any atom is -0.341 e. The first-order valence-corrected chi connectivity index (χ1v) is 9.26. The lowest BCUT2D eigenvalue weighted by Crippen LogP contribution is -2.29. The molecule has 0 bridgehead atoms. The zero-order valence-corrected chi connectivity index (χ0v) is 15.6. The highest BCUT2D eigenvalue weighted by molar-refractivity contribution is 6.07. The van der Waals surface area contributed by atoms with Crippen molar-refractivity contribution < 1.29 is 4.79 Å². The van der Waals surface area contributed by atoms with Gasteiger partial charge in [0.2, 0.25) is 0 Å². The molecule has 2 aromatic carbocycles. The molecule has 0 saturated heterocycles. The van der Waals surface area contributed by atoms with Crippen molar-refractivity contribution >= 4 is 16.8 Å². The molecule has 0 aliphatic heterocycles. The summed E-state index contributed by atoms with van der Waals surface area (Å²) in [6.45, 7) is 5.03. The third-order valence-electron chi connectivity index (χ3n) is 5.18. The summed E-state index contributed by atoms with van der Waals surface area (Å²) in [6.07, 6.45) is 2.48. The molecule has 1 aliphatic rings. The molecule has 0 atom stereocenters. The van der Waals surface area contributed by atoms with E-state index in [0.717, 1.165) is 34.3 Å². The maximum atomic E-state index is 13.1. The summed E-state index contributed by atoms with van der Waals surface area (Å²) in [5.74, 6) is 0.761. The first-order valence-electron chi connectivity index (χ1n) is 9.26. The van der Waals surface area contributed by atoms with Crippen LogP contribution in [0.1, 0.15) is 34.3 Å². The molecule has 4 rings (SSSR count). The van der Waals surface area contributed by atoms with E-state index in [2.05, 4.69) is 32.0 Å². The molecule has 1 aromatic heterocycles. The summed E-state index contributed by atoms with van der Waals surface area (Å²) < 4.78 is 0. The third-order valence-corrected chi connectivity index (χ3v) is 5.18. The monoisotopic (exact) mass is 344 g/mol. The smallest absolute Gasteiger partial charge is 0.254 e. The lowest BCUT2D eigenvalue weighted by molar-refractivity contribution is 0.0790. The highest BCUT2D eigenvalue weighted by atomic mass is 16.2. The van der Waals surface area contributed by atoms with Crippen LogP contribution in [-0.2, 0) is 0 Å². The molecule has 0 spiro atoms. The van der Waals surface area contributed by atoms with Crippen LogP contribution in [0, 0.1) is 19.8 Å². The molecule has 1 amide bonds. The van der Waals surface area contributed by atoms with E-state index in [0.29, 0.717) is 5.92 Å². The van der Waals surface area contributed by atoms with Crippen molar-refractivity contribution in [1.82, 2.24) is 9.88 Å². The first-order chi connectivity index (χ1) is 12.5. The number of pyridine rings is 1. The van der Waals surface area contributed by atoms with Crippen molar-refractivity contribution in [3.05, 3.63) is 65.2 Å². The average Bonchev–Trinajstić information content (AvgIpc) is 3.44. The fraction of sp³-hybridized carbons (Fsp3) is 0.304. The van der Waals surface area contributed by atoms with Crippen LogP contribution >= 0.6 is 0 Å². The zero-order valence-electron chi connectivity index (χ0n) is 15.6. The Morgan fingerprint density at radius 1 is 1.12 bits per heavy atom. The van der Waals surface area contributed by atoms with Gasteiger partial charge in [0, 0.05) is 24.5 Å². The van der Waals surface area contributed by atoms with Gasteiger partial charge in [-0.3, -0.25) is 4.79 Å². The number of amides is 1. The van der Waals surface area contributed by atoms with E-state index in [1.165, 1.54) is 24.0 Å². The molecule has 0 radical (unpaired) electrons. The van der Waals surface area contributed by atoms with Crippen molar-refractivity contribution in [2.24, 2.45) is 5.92 Å². The van der Waals surface area contributed by atoms with Crippen molar-refractivity contribution in [2.75, 3.05) is 13.6 Å². The van der Waals surface area contributed by atoms with E-state index in [-0.39, 0.29) is 5.91 Å². The largest absolute Gasteiger partial charge is 0.341 e. The summed E-state index contributed by atoms with van der Waals surface area (Å²) in [4.78, 5) is 19.8. The Hall–Kier alpha value is -2.68. The summed E-state index contributed by atoms with van der Waals surface area (Å²) in [5.41, 5.74) is 5.97. The van der Waals surface area contributed by atoms with Crippen LogP contribution in [0.25, 0.3) is 22.2 Å². The number of hydrogen-bond donors (Lipinski definition) is 0. The lowest BCUT2D eigenvalue weighted by Gasteiger charge is -2.19. The zero-order chi connectivity index (χ0) is 18.3. The van der Waals surface area contributed by atoms with E-state index in [1.54, 1.807) is 0 Å². The van der Waals surface area contributed by atoms with Gasteiger partial charge in [-0.15, -0.1) is 0 Å². The summed E-state index contributed by atoms with van der Waals surface area (Å²) in [7, 11) is 1.91. The summed E-state index contributed by atoms with van der Waals surface area (Å²) in [6, 6.07) is 16.2. The number of nitrogens with zero attached hydrogens (tertiary/aromatic N) is 2. The molecule has 1 heterocycles. The minimum atomic E-state index is 0.0847. The number of rotatable bonds is 4. The molecule has 0 N–H and O–H groups in total. The maximum Gasteiger partial charge on any atom is 0.254 e. The fourth-order valence-corrected chi connectivity index (χ4v) is 3.57. The maximum absolute atomic E-state index is 13.1. The van der Waals surface area contributed by atoms with Crippen LogP contribution in [-0.4, -0.2) is 29.4 Å². The van der Waals surface area contributed by atoms with Crippen molar-refractivity contribution in [1.29, 1.82) is 0 Å². The van der Waals surface area contributed by atoms with Crippen molar-refractivity contribution in [3.63, 3.8) is 0 Å². The molecule has 1 saturated carbocycles. The van der Waals surface area contributed by atoms with Crippen LogP contribution in [0.4, 0.5) is 0 Å². The molecule has 1 fully saturated rings. The number of carbonyl (C=O) groups excluding carboxylic acids is 1. The highest BCUT2D eigenvalue weighted by Gasteiger charge is 2.26. The van der Waals surface area contributed by atoms with Gasteiger partial charge < -0.3 is 4.90 Å². The predicted molar refractivity (Wildman–Crippen MR) is 106 cm³/mol. The Balaban J connectivity index is 1.84. The minimum absolute atomic E-state index is 0.0847. The number of hydrogen-bond acceptors (Lipinski definition) is 2. The molecule has 3 aromatic rings. The number of aromatic nitrogens is 1. The molecular weight excluding hydrogens is 320 g/mol. The second kappa shape index (κ2) is 6.56. The second-order valence-corrected chi connectivity index (χ2v) is 7.52. The summed E-state index contributed by atoms with van der Waals surface area (Å²) >= 11 is 0. The molecule has 1 aliphatic carbocycles. The Labute approximate surface area is 154 Å². The molecular formula is C23H24N2O. The van der Waals surface area contributed by atoms with Crippen LogP contribution in [0.5, 0.6) is 0 Å². The van der Waals surface area contributed by atoms with Crippen molar-refractivity contribution in [2.45, 2.75) is 26.7 Å². The highest BCUT2D eigenvalue weighted by Crippen LogP contribution is 2.31.